The molecule has 0 unspecified atom stereocenters. The minimum Gasteiger partial charge on any atom is -0.422 e. The van der Waals surface area contributed by atoms with Crippen molar-refractivity contribution in [2.45, 2.75) is 40.5 Å². The van der Waals surface area contributed by atoms with Crippen molar-refractivity contribution < 1.29 is 9.05 Å². The number of aryl methyl sites for hydroxylation is 4. The SMILES string of the molecule is Cc1cccc(C)c1OP(NC1=CCCC=C1)Oc1c(C)cccc1C. The second kappa shape index (κ2) is 8.42. The zero-order valence-corrected chi connectivity index (χ0v) is 16.8. The monoisotopic (exact) mass is 367 g/mol. The number of para-hydroxylation sites is 2. The Morgan fingerprint density at radius 2 is 1.27 bits per heavy atom. The van der Waals surface area contributed by atoms with E-state index in [1.165, 1.54) is 0 Å². The summed E-state index contributed by atoms with van der Waals surface area (Å²) in [4.78, 5) is 0. The summed E-state index contributed by atoms with van der Waals surface area (Å²) in [5, 5.41) is 3.46. The summed E-state index contributed by atoms with van der Waals surface area (Å²) in [6, 6.07) is 12.4. The minimum atomic E-state index is -1.37. The highest BCUT2D eigenvalue weighted by Gasteiger charge is 2.21. The molecular weight excluding hydrogens is 341 g/mol. The van der Waals surface area contributed by atoms with E-state index in [1.807, 2.05) is 12.1 Å². The summed E-state index contributed by atoms with van der Waals surface area (Å²) in [5.74, 6) is 1.77. The molecule has 0 spiro atoms. The molecule has 2 aromatic rings. The van der Waals surface area contributed by atoms with Crippen LogP contribution < -0.4 is 14.1 Å². The molecule has 3 nitrogen and oxygen atoms in total. The molecule has 0 aliphatic heterocycles. The molecule has 0 amide bonds. The number of allylic oxidation sites excluding steroid dienone is 3. The minimum absolute atomic E-state index is 0.887. The first kappa shape index (κ1) is 18.5. The largest absolute Gasteiger partial charge is 0.422 e. The van der Waals surface area contributed by atoms with Gasteiger partial charge in [-0.2, -0.15) is 0 Å². The third-order valence-corrected chi connectivity index (χ3v) is 5.52. The fraction of sp³-hybridized carbons (Fsp3) is 0.273. The van der Waals surface area contributed by atoms with Gasteiger partial charge in [-0.05, 0) is 68.9 Å². The molecule has 2 aromatic carbocycles. The smallest absolute Gasteiger partial charge is 0.414 e. The number of rotatable bonds is 6. The van der Waals surface area contributed by atoms with Crippen molar-refractivity contribution in [1.82, 2.24) is 5.09 Å². The van der Waals surface area contributed by atoms with Crippen LogP contribution >= 0.6 is 8.53 Å². The van der Waals surface area contributed by atoms with E-state index in [9.17, 15) is 0 Å². The van der Waals surface area contributed by atoms with Gasteiger partial charge in [0.15, 0.2) is 0 Å². The molecule has 1 aliphatic carbocycles. The Morgan fingerprint density at radius 3 is 1.69 bits per heavy atom. The van der Waals surface area contributed by atoms with Gasteiger partial charge in [0.25, 0.3) is 0 Å². The van der Waals surface area contributed by atoms with E-state index in [4.69, 9.17) is 9.05 Å². The van der Waals surface area contributed by atoms with Gasteiger partial charge in [-0.15, -0.1) is 0 Å². The second-order valence-electron chi connectivity index (χ2n) is 6.63. The third-order valence-electron chi connectivity index (χ3n) is 4.38. The summed E-state index contributed by atoms with van der Waals surface area (Å²) in [5.41, 5.74) is 5.49. The quantitative estimate of drug-likeness (QED) is 0.597. The van der Waals surface area contributed by atoms with Crippen molar-refractivity contribution in [1.29, 1.82) is 0 Å². The lowest BCUT2D eigenvalue weighted by Crippen LogP contribution is -2.15. The van der Waals surface area contributed by atoms with Gasteiger partial charge in [0.2, 0.25) is 0 Å². The Morgan fingerprint density at radius 1 is 0.769 bits per heavy atom. The fourth-order valence-electron chi connectivity index (χ4n) is 2.92. The van der Waals surface area contributed by atoms with Gasteiger partial charge in [-0.1, -0.05) is 48.6 Å². The summed E-state index contributed by atoms with van der Waals surface area (Å²) in [6.45, 7) is 8.26. The highest BCUT2D eigenvalue weighted by Crippen LogP contribution is 2.42. The van der Waals surface area contributed by atoms with Crippen LogP contribution in [0, 0.1) is 27.7 Å². The van der Waals surface area contributed by atoms with Crippen LogP contribution in [-0.2, 0) is 0 Å². The highest BCUT2D eigenvalue weighted by atomic mass is 31.2. The molecule has 0 saturated heterocycles. The summed E-state index contributed by atoms with van der Waals surface area (Å²) >= 11 is 0. The van der Waals surface area contributed by atoms with E-state index in [0.29, 0.717) is 0 Å². The topological polar surface area (TPSA) is 30.5 Å². The van der Waals surface area contributed by atoms with E-state index in [1.54, 1.807) is 0 Å². The Bertz CT molecular complexity index is 748. The molecule has 4 heteroatoms. The molecule has 0 bridgehead atoms. The average Bonchev–Trinajstić information content (AvgIpc) is 2.62. The van der Waals surface area contributed by atoms with Gasteiger partial charge in [-0.25, -0.2) is 0 Å². The normalized spacial score (nSPS) is 13.5. The predicted molar refractivity (Wildman–Crippen MR) is 110 cm³/mol. The molecule has 1 N–H and O–H groups in total. The van der Waals surface area contributed by atoms with Crippen LogP contribution in [0.3, 0.4) is 0 Å². The van der Waals surface area contributed by atoms with Crippen LogP contribution in [-0.4, -0.2) is 0 Å². The van der Waals surface area contributed by atoms with Gasteiger partial charge in [0.1, 0.15) is 11.5 Å². The van der Waals surface area contributed by atoms with Gasteiger partial charge in [0, 0.05) is 5.70 Å². The van der Waals surface area contributed by atoms with Gasteiger partial charge >= 0.3 is 8.53 Å². The van der Waals surface area contributed by atoms with E-state index < -0.39 is 8.53 Å². The Kier molecular flexibility index (Phi) is 6.00. The standard InChI is InChI=1S/C22H26NO2P/c1-16-10-8-11-17(2)21(16)24-26(23-20-14-6-5-7-15-20)25-22-18(3)12-9-13-19(22)4/h6,8-15,23H,5,7H2,1-4H3. The zero-order valence-electron chi connectivity index (χ0n) is 15.9. The highest BCUT2D eigenvalue weighted by molar-refractivity contribution is 7.46. The fourth-order valence-corrected chi connectivity index (χ4v) is 4.33. The van der Waals surface area contributed by atoms with Crippen molar-refractivity contribution in [3.8, 4) is 11.5 Å². The maximum atomic E-state index is 6.35. The first-order valence-corrected chi connectivity index (χ1v) is 10.1. The number of benzene rings is 2. The number of hydrogen-bond acceptors (Lipinski definition) is 3. The number of nitrogens with one attached hydrogen (secondary N) is 1. The first-order valence-electron chi connectivity index (χ1n) is 8.96. The van der Waals surface area contributed by atoms with Crippen LogP contribution in [0.25, 0.3) is 0 Å². The molecular formula is C22H26NO2P. The van der Waals surface area contributed by atoms with Crippen molar-refractivity contribution in [2.24, 2.45) is 0 Å². The van der Waals surface area contributed by atoms with Gasteiger partial charge < -0.3 is 9.05 Å². The average molecular weight is 367 g/mol. The molecule has 0 radical (unpaired) electrons. The van der Waals surface area contributed by atoms with Crippen LogP contribution in [0.5, 0.6) is 11.5 Å². The third kappa shape index (κ3) is 4.47. The predicted octanol–water partition coefficient (Wildman–Crippen LogP) is 6.43. The van der Waals surface area contributed by atoms with Gasteiger partial charge in [-0.3, -0.25) is 5.09 Å². The van der Waals surface area contributed by atoms with Crippen LogP contribution in [0.2, 0.25) is 0 Å². The van der Waals surface area contributed by atoms with E-state index in [-0.39, 0.29) is 0 Å². The summed E-state index contributed by atoms with van der Waals surface area (Å²) < 4.78 is 12.7. The van der Waals surface area contributed by atoms with Crippen LogP contribution in [0.4, 0.5) is 0 Å². The molecule has 0 saturated carbocycles. The van der Waals surface area contributed by atoms with Gasteiger partial charge in [0.05, 0.1) is 0 Å². The van der Waals surface area contributed by atoms with E-state index in [0.717, 1.165) is 52.3 Å². The number of hydrogen-bond donors (Lipinski definition) is 1. The molecule has 0 heterocycles. The zero-order chi connectivity index (χ0) is 18.5. The van der Waals surface area contributed by atoms with Crippen molar-refractivity contribution >= 4 is 8.53 Å². The summed E-state index contributed by atoms with van der Waals surface area (Å²) in [7, 11) is -1.37. The first-order chi connectivity index (χ1) is 12.5. The maximum Gasteiger partial charge on any atom is 0.414 e. The molecule has 1 aliphatic rings. The second-order valence-corrected chi connectivity index (χ2v) is 7.74. The molecule has 3 rings (SSSR count). The van der Waals surface area contributed by atoms with Crippen LogP contribution in [0.15, 0.2) is 60.3 Å². The van der Waals surface area contributed by atoms with E-state index in [2.05, 4.69) is 75.3 Å². The Labute approximate surface area is 157 Å². The molecule has 0 atom stereocenters. The molecule has 0 fully saturated rings. The molecule has 26 heavy (non-hydrogen) atoms. The van der Waals surface area contributed by atoms with Crippen molar-refractivity contribution in [3.63, 3.8) is 0 Å². The summed E-state index contributed by atoms with van der Waals surface area (Å²) in [6.07, 6.45) is 8.58. The van der Waals surface area contributed by atoms with Crippen LogP contribution in [0.1, 0.15) is 35.1 Å². The Hall–Kier alpha value is -2.25. The van der Waals surface area contributed by atoms with Crippen molar-refractivity contribution in [3.05, 3.63) is 82.6 Å². The van der Waals surface area contributed by atoms with E-state index >= 15 is 0 Å². The molecule has 0 aromatic heterocycles. The lowest BCUT2D eigenvalue weighted by atomic mass is 10.1. The molecule has 136 valence electrons. The van der Waals surface area contributed by atoms with Crippen molar-refractivity contribution in [2.75, 3.05) is 0 Å². The Balaban J connectivity index is 1.88. The maximum absolute atomic E-state index is 6.35. The lowest BCUT2D eigenvalue weighted by molar-refractivity contribution is 0.472. The lowest BCUT2D eigenvalue weighted by Gasteiger charge is -2.24.